The van der Waals surface area contributed by atoms with Crippen molar-refractivity contribution >= 4 is 22.7 Å². The number of rotatable bonds is 7. The van der Waals surface area contributed by atoms with Crippen molar-refractivity contribution < 1.29 is 4.74 Å². The van der Waals surface area contributed by atoms with Gasteiger partial charge in [0, 0.05) is 35.0 Å². The highest BCUT2D eigenvalue weighted by atomic mass is 32.2. The van der Waals surface area contributed by atoms with E-state index < -0.39 is 0 Å². The van der Waals surface area contributed by atoms with Crippen LogP contribution in [0, 0.1) is 13.8 Å². The minimum absolute atomic E-state index is 0.0345. The molecule has 0 aliphatic carbocycles. The van der Waals surface area contributed by atoms with Gasteiger partial charge in [-0.1, -0.05) is 35.5 Å². The average Bonchev–Trinajstić information content (AvgIpc) is 3.13. The largest absolute Gasteiger partial charge is 0.486 e. The lowest BCUT2D eigenvalue weighted by Gasteiger charge is -2.09. The van der Waals surface area contributed by atoms with Gasteiger partial charge in [0.1, 0.15) is 12.4 Å². The van der Waals surface area contributed by atoms with E-state index in [4.69, 9.17) is 4.74 Å². The number of nitrogens with one attached hydrogen (secondary N) is 1. The number of aryl methyl sites for hydroxylation is 2. The van der Waals surface area contributed by atoms with Crippen molar-refractivity contribution in [1.29, 1.82) is 0 Å². The van der Waals surface area contributed by atoms with Gasteiger partial charge in [0.2, 0.25) is 0 Å². The SMILES string of the molecule is CCn1c(COc2cccc(C)c2)nnc1SCc1cc(=O)c2cc(C)ccc2[nH]1. The molecule has 4 aromatic rings. The molecule has 7 heteroatoms. The van der Waals surface area contributed by atoms with E-state index in [1.165, 1.54) is 0 Å². The lowest BCUT2D eigenvalue weighted by atomic mass is 10.1. The molecule has 0 spiro atoms. The van der Waals surface area contributed by atoms with Crippen molar-refractivity contribution in [3.63, 3.8) is 0 Å². The zero-order valence-corrected chi connectivity index (χ0v) is 18.1. The Morgan fingerprint density at radius 1 is 1.07 bits per heavy atom. The predicted octanol–water partition coefficient (Wildman–Crippen LogP) is 4.63. The van der Waals surface area contributed by atoms with E-state index in [0.29, 0.717) is 12.4 Å². The van der Waals surface area contributed by atoms with E-state index in [0.717, 1.165) is 51.0 Å². The first kappa shape index (κ1) is 20.2. The lowest BCUT2D eigenvalue weighted by molar-refractivity contribution is 0.288. The molecule has 0 aliphatic rings. The second kappa shape index (κ2) is 8.75. The van der Waals surface area contributed by atoms with E-state index in [2.05, 4.69) is 22.1 Å². The summed E-state index contributed by atoms with van der Waals surface area (Å²) in [6.45, 7) is 7.19. The second-order valence-electron chi connectivity index (χ2n) is 7.24. The molecule has 4 rings (SSSR count). The van der Waals surface area contributed by atoms with Crippen molar-refractivity contribution in [2.45, 2.75) is 44.8 Å². The average molecular weight is 421 g/mol. The van der Waals surface area contributed by atoms with Gasteiger partial charge in [-0.2, -0.15) is 0 Å². The molecule has 154 valence electrons. The topological polar surface area (TPSA) is 72.8 Å². The number of nitrogens with zero attached hydrogens (tertiary/aromatic N) is 3. The Kier molecular flexibility index (Phi) is 5.90. The van der Waals surface area contributed by atoms with Gasteiger partial charge in [0.25, 0.3) is 0 Å². The fourth-order valence-corrected chi connectivity index (χ4v) is 4.27. The number of pyridine rings is 1. The van der Waals surface area contributed by atoms with E-state index in [9.17, 15) is 4.79 Å². The highest BCUT2D eigenvalue weighted by Crippen LogP contribution is 2.23. The molecule has 0 saturated heterocycles. The molecule has 2 aromatic carbocycles. The highest BCUT2D eigenvalue weighted by Gasteiger charge is 2.13. The molecule has 6 nitrogen and oxygen atoms in total. The first-order valence-electron chi connectivity index (χ1n) is 9.90. The van der Waals surface area contributed by atoms with Crippen LogP contribution >= 0.6 is 11.8 Å². The van der Waals surface area contributed by atoms with Gasteiger partial charge < -0.3 is 14.3 Å². The molecule has 0 bridgehead atoms. The minimum atomic E-state index is 0.0345. The summed E-state index contributed by atoms with van der Waals surface area (Å²) in [6, 6.07) is 15.5. The molecule has 2 aromatic heterocycles. The van der Waals surface area contributed by atoms with Gasteiger partial charge >= 0.3 is 0 Å². The van der Waals surface area contributed by atoms with Gasteiger partial charge in [-0.25, -0.2) is 0 Å². The van der Waals surface area contributed by atoms with Gasteiger partial charge in [-0.3, -0.25) is 4.79 Å². The summed E-state index contributed by atoms with van der Waals surface area (Å²) in [5, 5.41) is 10.2. The van der Waals surface area contributed by atoms with Crippen molar-refractivity contribution in [3.8, 4) is 5.75 Å². The zero-order chi connectivity index (χ0) is 21.1. The third-order valence-corrected chi connectivity index (χ3v) is 5.88. The van der Waals surface area contributed by atoms with E-state index in [1.807, 2.05) is 60.9 Å². The molecule has 0 radical (unpaired) electrons. The second-order valence-corrected chi connectivity index (χ2v) is 8.19. The summed E-state index contributed by atoms with van der Waals surface area (Å²) >= 11 is 1.55. The molecule has 1 N–H and O–H groups in total. The third kappa shape index (κ3) is 4.41. The van der Waals surface area contributed by atoms with Crippen LogP contribution in [0.3, 0.4) is 0 Å². The first-order chi connectivity index (χ1) is 14.5. The van der Waals surface area contributed by atoms with E-state index >= 15 is 0 Å². The number of thioether (sulfide) groups is 1. The fraction of sp³-hybridized carbons (Fsp3) is 0.261. The molecule has 0 atom stereocenters. The van der Waals surface area contributed by atoms with Crippen LogP contribution in [0.2, 0.25) is 0 Å². The Labute approximate surface area is 179 Å². The minimum Gasteiger partial charge on any atom is -0.486 e. The molecule has 2 heterocycles. The summed E-state index contributed by atoms with van der Waals surface area (Å²) in [5.41, 5.74) is 3.98. The maximum absolute atomic E-state index is 12.5. The fourth-order valence-electron chi connectivity index (χ4n) is 3.34. The van der Waals surface area contributed by atoms with Crippen LogP contribution in [0.1, 0.15) is 29.6 Å². The molecule has 30 heavy (non-hydrogen) atoms. The first-order valence-corrected chi connectivity index (χ1v) is 10.9. The quantitative estimate of drug-likeness (QED) is 0.442. The Balaban J connectivity index is 1.48. The van der Waals surface area contributed by atoms with Gasteiger partial charge in [0.15, 0.2) is 16.4 Å². The number of H-pyrrole nitrogens is 1. The smallest absolute Gasteiger partial charge is 0.191 e. The summed E-state index contributed by atoms with van der Waals surface area (Å²) in [5.74, 6) is 2.21. The van der Waals surface area contributed by atoms with E-state index in [1.54, 1.807) is 17.8 Å². The lowest BCUT2D eigenvalue weighted by Crippen LogP contribution is -2.07. The number of fused-ring (bicyclic) bond motifs is 1. The number of ether oxygens (including phenoxy) is 1. The van der Waals surface area contributed by atoms with Crippen molar-refractivity contribution in [3.05, 3.63) is 81.4 Å². The van der Waals surface area contributed by atoms with Crippen molar-refractivity contribution in [2.24, 2.45) is 0 Å². The van der Waals surface area contributed by atoms with Crippen LogP contribution in [0.25, 0.3) is 10.9 Å². The molecule has 0 amide bonds. The third-order valence-electron chi connectivity index (χ3n) is 4.87. The van der Waals surface area contributed by atoms with Crippen LogP contribution < -0.4 is 10.2 Å². The summed E-state index contributed by atoms with van der Waals surface area (Å²) in [6.07, 6.45) is 0. The molecular formula is C23H24N4O2S. The Morgan fingerprint density at radius 3 is 2.70 bits per heavy atom. The number of hydrogen-bond donors (Lipinski definition) is 1. The van der Waals surface area contributed by atoms with Crippen LogP contribution in [-0.2, 0) is 18.9 Å². The molecular weight excluding hydrogens is 396 g/mol. The Hall–Kier alpha value is -3.06. The van der Waals surface area contributed by atoms with Crippen LogP contribution in [-0.4, -0.2) is 19.7 Å². The highest BCUT2D eigenvalue weighted by molar-refractivity contribution is 7.98. The van der Waals surface area contributed by atoms with E-state index in [-0.39, 0.29) is 5.43 Å². The van der Waals surface area contributed by atoms with Gasteiger partial charge in [-0.05, 0) is 50.6 Å². The zero-order valence-electron chi connectivity index (χ0n) is 17.3. The van der Waals surface area contributed by atoms with Crippen LogP contribution in [0.4, 0.5) is 0 Å². The van der Waals surface area contributed by atoms with Crippen LogP contribution in [0.15, 0.2) is 58.5 Å². The van der Waals surface area contributed by atoms with Crippen molar-refractivity contribution in [2.75, 3.05) is 0 Å². The molecule has 0 fully saturated rings. The summed E-state index contributed by atoms with van der Waals surface area (Å²) in [4.78, 5) is 15.8. The summed E-state index contributed by atoms with van der Waals surface area (Å²) < 4.78 is 7.93. The standard InChI is InChI=1S/C23H24N4O2S/c1-4-27-22(13-29-18-7-5-6-15(2)10-18)25-26-23(27)30-14-17-12-21(28)19-11-16(3)8-9-20(19)24-17/h5-12H,4,13-14H2,1-3H3,(H,24,28). The molecule has 0 unspecified atom stereocenters. The number of hydrogen-bond acceptors (Lipinski definition) is 5. The van der Waals surface area contributed by atoms with Gasteiger partial charge in [0.05, 0.1) is 0 Å². The number of benzene rings is 2. The monoisotopic (exact) mass is 420 g/mol. The molecule has 0 aliphatic heterocycles. The summed E-state index contributed by atoms with van der Waals surface area (Å²) in [7, 11) is 0. The van der Waals surface area contributed by atoms with Crippen molar-refractivity contribution in [1.82, 2.24) is 19.7 Å². The van der Waals surface area contributed by atoms with Crippen LogP contribution in [0.5, 0.6) is 5.75 Å². The maximum atomic E-state index is 12.5. The maximum Gasteiger partial charge on any atom is 0.191 e. The molecule has 0 saturated carbocycles. The predicted molar refractivity (Wildman–Crippen MR) is 120 cm³/mol. The number of aromatic amines is 1. The Bertz CT molecular complexity index is 1250. The normalized spacial score (nSPS) is 11.2. The number of aromatic nitrogens is 4. The Morgan fingerprint density at radius 2 is 1.90 bits per heavy atom. The van der Waals surface area contributed by atoms with Gasteiger partial charge in [-0.15, -0.1) is 10.2 Å².